The quantitative estimate of drug-likeness (QED) is 0.373. The lowest BCUT2D eigenvalue weighted by molar-refractivity contribution is -0.117. The van der Waals surface area contributed by atoms with Crippen LogP contribution in [0.5, 0.6) is 5.75 Å². The Kier molecular flexibility index (Phi) is 6.16. The monoisotopic (exact) mass is 385 g/mol. The van der Waals surface area contributed by atoms with Crippen molar-refractivity contribution in [3.8, 4) is 11.8 Å². The normalized spacial score (nSPS) is 11.1. The van der Waals surface area contributed by atoms with Crippen LogP contribution < -0.4 is 10.1 Å². The molecule has 0 aliphatic heterocycles. The van der Waals surface area contributed by atoms with Gasteiger partial charge in [-0.2, -0.15) is 5.26 Å². The lowest BCUT2D eigenvalue weighted by Crippen LogP contribution is -2.23. The fourth-order valence-corrected chi connectivity index (χ4v) is 3.32. The van der Waals surface area contributed by atoms with E-state index in [1.807, 2.05) is 67.6 Å². The molecule has 1 amide bonds. The lowest BCUT2D eigenvalue weighted by Gasteiger charge is -2.06. The number of benzene rings is 2. The molecule has 3 aromatic rings. The van der Waals surface area contributed by atoms with Crippen LogP contribution in [0.3, 0.4) is 0 Å². The van der Waals surface area contributed by atoms with Crippen LogP contribution in [0.4, 0.5) is 0 Å². The Bertz CT molecular complexity index is 1120. The van der Waals surface area contributed by atoms with Crippen LogP contribution in [-0.2, 0) is 17.9 Å². The third-order valence-electron chi connectivity index (χ3n) is 4.86. The van der Waals surface area contributed by atoms with Gasteiger partial charge in [0.2, 0.25) is 0 Å². The third kappa shape index (κ3) is 4.22. The summed E-state index contributed by atoms with van der Waals surface area (Å²) >= 11 is 0. The van der Waals surface area contributed by atoms with E-state index in [-0.39, 0.29) is 5.57 Å². The Hall–Kier alpha value is -3.78. The maximum absolute atomic E-state index is 12.6. The van der Waals surface area contributed by atoms with Gasteiger partial charge in [-0.1, -0.05) is 36.4 Å². The van der Waals surface area contributed by atoms with Gasteiger partial charge >= 0.3 is 0 Å². The van der Waals surface area contributed by atoms with E-state index >= 15 is 0 Å². The first-order chi connectivity index (χ1) is 14.1. The van der Waals surface area contributed by atoms with Crippen molar-refractivity contribution in [1.82, 2.24) is 9.88 Å². The van der Waals surface area contributed by atoms with E-state index in [1.165, 1.54) is 0 Å². The Morgan fingerprint density at radius 1 is 1.24 bits per heavy atom. The SMILES string of the molecule is C=CCn1c(C)c(C=C(C#N)C(=O)NCc2ccc(OC)cc2)c2ccccc21. The fourth-order valence-electron chi connectivity index (χ4n) is 3.32. The number of rotatable bonds is 7. The van der Waals surface area contributed by atoms with Crippen LogP contribution >= 0.6 is 0 Å². The molecule has 0 radical (unpaired) electrons. The number of nitrogens with one attached hydrogen (secondary N) is 1. The number of nitrogens with zero attached hydrogens (tertiary/aromatic N) is 2. The standard InChI is InChI=1S/C24H23N3O2/c1-4-13-27-17(2)22(21-7-5-6-8-23(21)27)14-19(15-25)24(28)26-16-18-9-11-20(29-3)12-10-18/h4-12,14H,1,13,16H2,2-3H3,(H,26,28). The minimum absolute atomic E-state index is 0.0723. The molecule has 29 heavy (non-hydrogen) atoms. The Morgan fingerprint density at radius 2 is 1.97 bits per heavy atom. The number of hydrogen-bond donors (Lipinski definition) is 1. The second-order valence-corrected chi connectivity index (χ2v) is 6.62. The summed E-state index contributed by atoms with van der Waals surface area (Å²) < 4.78 is 7.26. The number of fused-ring (bicyclic) bond motifs is 1. The first kappa shape index (κ1) is 20.0. The number of nitriles is 1. The summed E-state index contributed by atoms with van der Waals surface area (Å²) in [4.78, 5) is 12.6. The van der Waals surface area contributed by atoms with Gasteiger partial charge in [0.1, 0.15) is 17.4 Å². The molecule has 0 atom stereocenters. The predicted octanol–water partition coefficient (Wildman–Crippen LogP) is 4.37. The number of aromatic nitrogens is 1. The van der Waals surface area contributed by atoms with Crippen molar-refractivity contribution in [2.45, 2.75) is 20.0 Å². The fraction of sp³-hybridized carbons (Fsp3) is 0.167. The Labute approximate surface area is 170 Å². The molecule has 1 aromatic heterocycles. The number of hydrogen-bond acceptors (Lipinski definition) is 3. The van der Waals surface area contributed by atoms with Gasteiger partial charge in [-0.3, -0.25) is 4.79 Å². The van der Waals surface area contributed by atoms with E-state index in [9.17, 15) is 10.1 Å². The van der Waals surface area contributed by atoms with Gasteiger partial charge in [0.05, 0.1) is 7.11 Å². The van der Waals surface area contributed by atoms with Crippen LogP contribution in [0, 0.1) is 18.3 Å². The Balaban J connectivity index is 1.87. The minimum atomic E-state index is -0.400. The van der Waals surface area contributed by atoms with E-state index in [1.54, 1.807) is 13.2 Å². The first-order valence-corrected chi connectivity index (χ1v) is 9.30. The maximum Gasteiger partial charge on any atom is 0.262 e. The molecule has 0 aliphatic carbocycles. The van der Waals surface area contributed by atoms with Crippen LogP contribution in [0.1, 0.15) is 16.8 Å². The summed E-state index contributed by atoms with van der Waals surface area (Å²) in [6.45, 7) is 6.80. The van der Waals surface area contributed by atoms with Crippen molar-refractivity contribution in [2.24, 2.45) is 0 Å². The average Bonchev–Trinajstić information content (AvgIpc) is 3.02. The summed E-state index contributed by atoms with van der Waals surface area (Å²) in [5.41, 5.74) is 3.91. The number of carbonyl (C=O) groups excluding carboxylic acids is 1. The van der Waals surface area contributed by atoms with Crippen molar-refractivity contribution in [1.29, 1.82) is 5.26 Å². The number of allylic oxidation sites excluding steroid dienone is 1. The number of amides is 1. The molecule has 5 heteroatoms. The molecule has 2 aromatic carbocycles. The third-order valence-corrected chi connectivity index (χ3v) is 4.86. The molecule has 0 fully saturated rings. The average molecular weight is 385 g/mol. The molecule has 0 saturated carbocycles. The molecule has 1 N–H and O–H groups in total. The molecular formula is C24H23N3O2. The summed E-state index contributed by atoms with van der Waals surface area (Å²) in [5, 5.41) is 13.4. The molecule has 0 saturated heterocycles. The molecule has 3 rings (SSSR count). The van der Waals surface area contributed by atoms with Crippen molar-refractivity contribution >= 4 is 22.9 Å². The lowest BCUT2D eigenvalue weighted by atomic mass is 10.1. The molecule has 0 spiro atoms. The molecule has 0 unspecified atom stereocenters. The first-order valence-electron chi connectivity index (χ1n) is 9.30. The number of methoxy groups -OCH3 is 1. The van der Waals surface area contributed by atoms with E-state index in [2.05, 4.69) is 16.5 Å². The highest BCUT2D eigenvalue weighted by molar-refractivity contribution is 6.04. The zero-order chi connectivity index (χ0) is 20.8. The molecule has 5 nitrogen and oxygen atoms in total. The molecule has 146 valence electrons. The van der Waals surface area contributed by atoms with Gasteiger partial charge in [0.25, 0.3) is 5.91 Å². The van der Waals surface area contributed by atoms with Crippen molar-refractivity contribution in [3.05, 3.63) is 83.6 Å². The topological polar surface area (TPSA) is 67.0 Å². The zero-order valence-electron chi connectivity index (χ0n) is 16.6. The van der Waals surface area contributed by atoms with Gasteiger partial charge in [-0.25, -0.2) is 0 Å². The van der Waals surface area contributed by atoms with Gasteiger partial charge < -0.3 is 14.6 Å². The molecule has 1 heterocycles. The van der Waals surface area contributed by atoms with Gasteiger partial charge in [-0.05, 0) is 36.8 Å². The van der Waals surface area contributed by atoms with Crippen LogP contribution in [0.15, 0.2) is 66.8 Å². The van der Waals surface area contributed by atoms with Gasteiger partial charge in [0, 0.05) is 35.2 Å². The van der Waals surface area contributed by atoms with Crippen molar-refractivity contribution < 1.29 is 9.53 Å². The van der Waals surface area contributed by atoms with Gasteiger partial charge in [-0.15, -0.1) is 6.58 Å². The summed E-state index contributed by atoms with van der Waals surface area (Å²) in [6, 6.07) is 17.4. The number of carbonyl (C=O) groups is 1. The highest BCUT2D eigenvalue weighted by Gasteiger charge is 2.15. The van der Waals surface area contributed by atoms with Gasteiger partial charge in [0.15, 0.2) is 0 Å². The van der Waals surface area contributed by atoms with E-state index in [0.717, 1.165) is 33.5 Å². The van der Waals surface area contributed by atoms with Crippen LogP contribution in [0.2, 0.25) is 0 Å². The maximum atomic E-state index is 12.6. The smallest absolute Gasteiger partial charge is 0.262 e. The van der Waals surface area contributed by atoms with Crippen molar-refractivity contribution in [2.75, 3.05) is 7.11 Å². The number of para-hydroxylation sites is 1. The highest BCUT2D eigenvalue weighted by atomic mass is 16.5. The van der Waals surface area contributed by atoms with Crippen LogP contribution in [0.25, 0.3) is 17.0 Å². The summed E-state index contributed by atoms with van der Waals surface area (Å²) in [7, 11) is 1.61. The van der Waals surface area contributed by atoms with E-state index in [0.29, 0.717) is 13.1 Å². The second kappa shape index (κ2) is 8.94. The highest BCUT2D eigenvalue weighted by Crippen LogP contribution is 2.28. The second-order valence-electron chi connectivity index (χ2n) is 6.62. The minimum Gasteiger partial charge on any atom is -0.497 e. The largest absolute Gasteiger partial charge is 0.497 e. The molecule has 0 bridgehead atoms. The van der Waals surface area contributed by atoms with E-state index < -0.39 is 5.91 Å². The number of ether oxygens (including phenoxy) is 1. The van der Waals surface area contributed by atoms with E-state index in [4.69, 9.17) is 4.74 Å². The summed E-state index contributed by atoms with van der Waals surface area (Å²) in [6.07, 6.45) is 3.50. The molecular weight excluding hydrogens is 362 g/mol. The molecule has 0 aliphatic rings. The Morgan fingerprint density at radius 3 is 2.62 bits per heavy atom. The van der Waals surface area contributed by atoms with Crippen molar-refractivity contribution in [3.63, 3.8) is 0 Å². The predicted molar refractivity (Wildman–Crippen MR) is 115 cm³/mol. The zero-order valence-corrected chi connectivity index (χ0v) is 16.6. The van der Waals surface area contributed by atoms with Crippen LogP contribution in [-0.4, -0.2) is 17.6 Å². The summed E-state index contributed by atoms with van der Waals surface area (Å²) in [5.74, 6) is 0.354.